The first-order chi connectivity index (χ1) is 13.9. The number of carbonyl (C=O) groups is 1. The van der Waals surface area contributed by atoms with E-state index in [0.29, 0.717) is 28.2 Å². The molecule has 152 valence electrons. The van der Waals surface area contributed by atoms with Gasteiger partial charge in [0.2, 0.25) is 5.91 Å². The molecule has 1 aromatic heterocycles. The first-order valence-electron chi connectivity index (χ1n) is 9.13. The van der Waals surface area contributed by atoms with Crippen molar-refractivity contribution in [1.29, 1.82) is 0 Å². The van der Waals surface area contributed by atoms with Crippen LogP contribution in [0.15, 0.2) is 52.4 Å². The lowest BCUT2D eigenvalue weighted by Crippen LogP contribution is -2.28. The smallest absolute Gasteiger partial charge is 0.262 e. The maximum atomic E-state index is 13.8. The van der Waals surface area contributed by atoms with Crippen LogP contribution in [0.5, 0.6) is 5.75 Å². The molecular weight excluding hydrogens is 393 g/mol. The molecule has 0 aliphatic rings. The lowest BCUT2D eigenvalue weighted by Gasteiger charge is -2.18. The second kappa shape index (κ2) is 9.09. The normalized spacial score (nSPS) is 10.9. The summed E-state index contributed by atoms with van der Waals surface area (Å²) in [6, 6.07) is 11.8. The number of amides is 1. The summed E-state index contributed by atoms with van der Waals surface area (Å²) in [5.41, 5.74) is 1.16. The Hall–Kier alpha value is -2.87. The van der Waals surface area contributed by atoms with Gasteiger partial charge in [0, 0.05) is 20.1 Å². The summed E-state index contributed by atoms with van der Waals surface area (Å²) in [5.74, 6) is -0.318. The maximum Gasteiger partial charge on any atom is 0.262 e. The van der Waals surface area contributed by atoms with Crippen molar-refractivity contribution in [3.05, 3.63) is 64.2 Å². The third kappa shape index (κ3) is 4.59. The summed E-state index contributed by atoms with van der Waals surface area (Å²) in [7, 11) is 3.06. The summed E-state index contributed by atoms with van der Waals surface area (Å²) in [4.78, 5) is 31.3. The molecule has 0 unspecified atom stereocenters. The molecule has 3 aromatic rings. The quantitative estimate of drug-likeness (QED) is 0.438. The van der Waals surface area contributed by atoms with E-state index in [4.69, 9.17) is 4.74 Å². The monoisotopic (exact) mass is 415 g/mol. The molecule has 0 N–H and O–H groups in total. The van der Waals surface area contributed by atoms with E-state index in [9.17, 15) is 14.0 Å². The van der Waals surface area contributed by atoms with Crippen molar-refractivity contribution in [3.63, 3.8) is 0 Å². The van der Waals surface area contributed by atoms with Gasteiger partial charge in [-0.05, 0) is 36.8 Å². The maximum absolute atomic E-state index is 13.8. The van der Waals surface area contributed by atoms with E-state index in [1.807, 2.05) is 13.0 Å². The van der Waals surface area contributed by atoms with Crippen LogP contribution in [0.1, 0.15) is 12.5 Å². The summed E-state index contributed by atoms with van der Waals surface area (Å²) < 4.78 is 20.3. The summed E-state index contributed by atoms with van der Waals surface area (Å²) in [5, 5.41) is 1.07. The fourth-order valence-corrected chi connectivity index (χ4v) is 3.95. The largest absolute Gasteiger partial charge is 0.494 e. The molecule has 1 heterocycles. The van der Waals surface area contributed by atoms with Gasteiger partial charge >= 0.3 is 0 Å². The Labute approximate surface area is 172 Å². The number of fused-ring (bicyclic) bond motifs is 1. The molecule has 0 fully saturated rings. The highest BCUT2D eigenvalue weighted by Crippen LogP contribution is 2.20. The van der Waals surface area contributed by atoms with E-state index in [1.165, 1.54) is 35.9 Å². The van der Waals surface area contributed by atoms with Crippen molar-refractivity contribution >= 4 is 28.6 Å². The Kier molecular flexibility index (Phi) is 6.53. The Balaban J connectivity index is 1.71. The van der Waals surface area contributed by atoms with E-state index < -0.39 is 5.82 Å². The number of hydrogen-bond donors (Lipinski definition) is 0. The highest BCUT2D eigenvalue weighted by Gasteiger charge is 2.15. The number of halogens is 1. The summed E-state index contributed by atoms with van der Waals surface area (Å²) in [6.07, 6.45) is 0. The molecule has 0 radical (unpaired) electrons. The molecule has 0 aliphatic heterocycles. The van der Waals surface area contributed by atoms with Crippen LogP contribution < -0.4 is 10.3 Å². The van der Waals surface area contributed by atoms with E-state index in [2.05, 4.69) is 4.98 Å². The molecule has 0 aliphatic carbocycles. The van der Waals surface area contributed by atoms with Crippen LogP contribution in [0.2, 0.25) is 0 Å². The van der Waals surface area contributed by atoms with E-state index in [-0.39, 0.29) is 29.5 Å². The van der Waals surface area contributed by atoms with Crippen LogP contribution >= 0.6 is 11.8 Å². The number of para-hydroxylation sites is 1. The minimum atomic E-state index is -0.465. The Morgan fingerprint density at radius 2 is 2.03 bits per heavy atom. The lowest BCUT2D eigenvalue weighted by atomic mass is 10.2. The van der Waals surface area contributed by atoms with E-state index in [0.717, 1.165) is 0 Å². The Morgan fingerprint density at radius 3 is 2.72 bits per heavy atom. The average molecular weight is 415 g/mol. The average Bonchev–Trinajstić information content (AvgIpc) is 2.72. The number of thioether (sulfide) groups is 1. The van der Waals surface area contributed by atoms with Crippen LogP contribution in [0.4, 0.5) is 4.39 Å². The number of nitrogens with zero attached hydrogens (tertiary/aromatic N) is 3. The van der Waals surface area contributed by atoms with Gasteiger partial charge in [-0.3, -0.25) is 14.2 Å². The number of benzene rings is 2. The van der Waals surface area contributed by atoms with Gasteiger partial charge in [-0.25, -0.2) is 9.37 Å². The first-order valence-corrected chi connectivity index (χ1v) is 10.1. The molecule has 0 saturated carbocycles. The van der Waals surface area contributed by atoms with Crippen molar-refractivity contribution in [2.45, 2.75) is 25.2 Å². The van der Waals surface area contributed by atoms with E-state index in [1.54, 1.807) is 35.9 Å². The van der Waals surface area contributed by atoms with Crippen molar-refractivity contribution in [2.75, 3.05) is 19.9 Å². The topological polar surface area (TPSA) is 64.4 Å². The van der Waals surface area contributed by atoms with Crippen LogP contribution in [0, 0.1) is 5.82 Å². The molecule has 1 amide bonds. The molecule has 29 heavy (non-hydrogen) atoms. The highest BCUT2D eigenvalue weighted by molar-refractivity contribution is 7.99. The SMILES string of the molecule is CCn1c(SCC(=O)N(C)Cc2ccc(OC)c(F)c2)nc2ccccc2c1=O. The molecule has 0 atom stereocenters. The van der Waals surface area contributed by atoms with Gasteiger partial charge in [0.15, 0.2) is 16.7 Å². The van der Waals surface area contributed by atoms with Crippen molar-refractivity contribution < 1.29 is 13.9 Å². The lowest BCUT2D eigenvalue weighted by molar-refractivity contribution is -0.127. The second-order valence-corrected chi connectivity index (χ2v) is 7.41. The first kappa shape index (κ1) is 20.9. The fraction of sp³-hybridized carbons (Fsp3) is 0.286. The van der Waals surface area contributed by atoms with Crippen LogP contribution in [0.25, 0.3) is 10.9 Å². The molecule has 0 saturated heterocycles. The van der Waals surface area contributed by atoms with Gasteiger partial charge < -0.3 is 9.64 Å². The van der Waals surface area contributed by atoms with Gasteiger partial charge in [0.1, 0.15) is 0 Å². The van der Waals surface area contributed by atoms with Crippen molar-refractivity contribution in [2.24, 2.45) is 0 Å². The molecule has 0 spiro atoms. The van der Waals surface area contributed by atoms with Crippen LogP contribution in [-0.4, -0.2) is 40.3 Å². The summed E-state index contributed by atoms with van der Waals surface area (Å²) >= 11 is 1.22. The fourth-order valence-electron chi connectivity index (χ4n) is 2.94. The minimum absolute atomic E-state index is 0.116. The standard InChI is InChI=1S/C21H22FN3O3S/c1-4-25-20(27)15-7-5-6-8-17(15)23-21(25)29-13-19(26)24(2)12-14-9-10-18(28-3)16(22)11-14/h5-11H,4,12-13H2,1-3H3. The van der Waals surface area contributed by atoms with Gasteiger partial charge in [0.25, 0.3) is 5.56 Å². The molecule has 0 bridgehead atoms. The van der Waals surface area contributed by atoms with Crippen LogP contribution in [-0.2, 0) is 17.9 Å². The predicted octanol–water partition coefficient (Wildman–Crippen LogP) is 3.31. The highest BCUT2D eigenvalue weighted by atomic mass is 32.2. The third-order valence-corrected chi connectivity index (χ3v) is 5.49. The number of carbonyl (C=O) groups excluding carboxylic acids is 1. The van der Waals surface area contributed by atoms with Crippen molar-refractivity contribution in [3.8, 4) is 5.75 Å². The number of aromatic nitrogens is 2. The minimum Gasteiger partial charge on any atom is -0.494 e. The van der Waals surface area contributed by atoms with Crippen molar-refractivity contribution in [1.82, 2.24) is 14.5 Å². The van der Waals surface area contributed by atoms with Gasteiger partial charge in [-0.1, -0.05) is 30.0 Å². The Bertz CT molecular complexity index is 1100. The second-order valence-electron chi connectivity index (χ2n) is 6.47. The zero-order valence-corrected chi connectivity index (χ0v) is 17.3. The predicted molar refractivity (Wildman–Crippen MR) is 112 cm³/mol. The van der Waals surface area contributed by atoms with Gasteiger partial charge in [-0.2, -0.15) is 0 Å². The Morgan fingerprint density at radius 1 is 1.28 bits per heavy atom. The molecule has 6 nitrogen and oxygen atoms in total. The van der Waals surface area contributed by atoms with E-state index >= 15 is 0 Å². The number of rotatable bonds is 7. The molecule has 3 rings (SSSR count). The molecule has 2 aromatic carbocycles. The zero-order chi connectivity index (χ0) is 21.0. The molecular formula is C21H22FN3O3S. The van der Waals surface area contributed by atoms with Gasteiger partial charge in [-0.15, -0.1) is 0 Å². The van der Waals surface area contributed by atoms with Crippen LogP contribution in [0.3, 0.4) is 0 Å². The number of ether oxygens (including phenoxy) is 1. The van der Waals surface area contributed by atoms with Gasteiger partial charge in [0.05, 0.1) is 23.8 Å². The third-order valence-electron chi connectivity index (χ3n) is 4.53. The number of hydrogen-bond acceptors (Lipinski definition) is 5. The summed E-state index contributed by atoms with van der Waals surface area (Å²) in [6.45, 7) is 2.61. The molecule has 8 heteroatoms. The zero-order valence-electron chi connectivity index (χ0n) is 16.5. The number of methoxy groups -OCH3 is 1.